The highest BCUT2D eigenvalue weighted by Gasteiger charge is 2.21. The summed E-state index contributed by atoms with van der Waals surface area (Å²) >= 11 is 0. The molecule has 1 aliphatic heterocycles. The van der Waals surface area contributed by atoms with Crippen molar-refractivity contribution in [1.82, 2.24) is 9.88 Å². The topological polar surface area (TPSA) is 93.1 Å². The van der Waals surface area contributed by atoms with Crippen molar-refractivity contribution < 1.29 is 9.53 Å². The van der Waals surface area contributed by atoms with E-state index in [-0.39, 0.29) is 17.8 Å². The van der Waals surface area contributed by atoms with Gasteiger partial charge in [-0.1, -0.05) is 54.6 Å². The fraction of sp³-hybridized carbons (Fsp3) is 0.231. The van der Waals surface area contributed by atoms with Crippen LogP contribution in [-0.2, 0) is 11.3 Å². The minimum absolute atomic E-state index is 0.0121. The van der Waals surface area contributed by atoms with Gasteiger partial charge in [-0.3, -0.25) is 10.2 Å². The molecule has 0 radical (unpaired) electrons. The van der Waals surface area contributed by atoms with E-state index in [1.807, 2.05) is 47.0 Å². The number of benzene rings is 3. The van der Waals surface area contributed by atoms with Crippen molar-refractivity contribution in [2.45, 2.75) is 25.4 Å². The number of nitrogen functional groups attached to an aromatic ring is 1. The van der Waals surface area contributed by atoms with Gasteiger partial charge in [0, 0.05) is 42.3 Å². The van der Waals surface area contributed by atoms with Gasteiger partial charge in [-0.05, 0) is 41.3 Å². The van der Waals surface area contributed by atoms with Gasteiger partial charge in [0.25, 0.3) is 5.91 Å². The lowest BCUT2D eigenvalue weighted by Crippen LogP contribution is -2.39. The Labute approximate surface area is 186 Å². The molecule has 1 aliphatic rings. The third-order valence-corrected chi connectivity index (χ3v) is 6.21. The maximum atomic E-state index is 13.3. The molecule has 6 heteroatoms. The first-order valence-corrected chi connectivity index (χ1v) is 10.9. The quantitative estimate of drug-likeness (QED) is 0.332. The highest BCUT2D eigenvalue weighted by atomic mass is 16.5. The summed E-state index contributed by atoms with van der Waals surface area (Å²) in [6.45, 7) is 1.89. The Bertz CT molecular complexity index is 1310. The Balaban J connectivity index is 1.60. The van der Waals surface area contributed by atoms with E-state index in [2.05, 4.69) is 29.6 Å². The molecule has 1 saturated heterocycles. The van der Waals surface area contributed by atoms with Crippen LogP contribution in [0.1, 0.15) is 34.5 Å². The normalized spacial score (nSPS) is 14.6. The first kappa shape index (κ1) is 20.3. The van der Waals surface area contributed by atoms with Crippen molar-refractivity contribution in [3.63, 3.8) is 0 Å². The highest BCUT2D eigenvalue weighted by molar-refractivity contribution is 6.02. The number of carbonyl (C=O) groups is 1. The Morgan fingerprint density at radius 3 is 2.62 bits per heavy atom. The van der Waals surface area contributed by atoms with E-state index in [1.54, 1.807) is 0 Å². The summed E-state index contributed by atoms with van der Waals surface area (Å²) in [5.41, 5.74) is 9.04. The predicted molar refractivity (Wildman–Crippen MR) is 127 cm³/mol. The Morgan fingerprint density at radius 2 is 1.81 bits per heavy atom. The van der Waals surface area contributed by atoms with Crippen molar-refractivity contribution in [3.8, 4) is 0 Å². The minimum Gasteiger partial charge on any atom is -0.384 e. The van der Waals surface area contributed by atoms with Crippen LogP contribution in [0.4, 0.5) is 0 Å². The number of rotatable bonds is 5. The Kier molecular flexibility index (Phi) is 5.37. The van der Waals surface area contributed by atoms with Gasteiger partial charge < -0.3 is 20.4 Å². The van der Waals surface area contributed by atoms with Crippen LogP contribution in [0.2, 0.25) is 0 Å². The molecule has 0 aliphatic carbocycles. The van der Waals surface area contributed by atoms with E-state index in [1.165, 1.54) is 5.39 Å². The number of nitrogens with zero attached hydrogens (tertiary/aromatic N) is 1. The molecule has 162 valence electrons. The maximum Gasteiger partial charge on any atom is 0.268 e. The number of ether oxygens (including phenoxy) is 1. The number of hydrogen-bond donors (Lipinski definition) is 3. The van der Waals surface area contributed by atoms with Crippen LogP contribution in [0.15, 0.2) is 66.7 Å². The van der Waals surface area contributed by atoms with E-state index in [9.17, 15) is 4.79 Å². The molecule has 0 spiro atoms. The number of nitrogens with one attached hydrogen (secondary N) is 2. The van der Waals surface area contributed by atoms with E-state index in [0.717, 1.165) is 34.7 Å². The average molecular weight is 427 g/mol. The molecule has 1 fully saturated rings. The van der Waals surface area contributed by atoms with Gasteiger partial charge in [0.2, 0.25) is 0 Å². The molecular weight excluding hydrogens is 400 g/mol. The van der Waals surface area contributed by atoms with Gasteiger partial charge in [0.1, 0.15) is 11.5 Å². The molecule has 2 heterocycles. The van der Waals surface area contributed by atoms with Crippen LogP contribution in [0.3, 0.4) is 0 Å². The third kappa shape index (κ3) is 3.85. The van der Waals surface area contributed by atoms with Crippen molar-refractivity contribution in [2.75, 3.05) is 13.2 Å². The Hall–Kier alpha value is -3.64. The van der Waals surface area contributed by atoms with Gasteiger partial charge in [-0.25, -0.2) is 0 Å². The predicted octanol–water partition coefficient (Wildman–Crippen LogP) is 4.04. The second kappa shape index (κ2) is 8.48. The van der Waals surface area contributed by atoms with E-state index in [0.29, 0.717) is 31.0 Å². The summed E-state index contributed by atoms with van der Waals surface area (Å²) in [5.74, 6) is -0.0734. The van der Waals surface area contributed by atoms with Crippen molar-refractivity contribution in [2.24, 2.45) is 5.73 Å². The number of fused-ring (bicyclic) bond motifs is 2. The number of nitrogens with two attached hydrogens (primary N) is 1. The summed E-state index contributed by atoms with van der Waals surface area (Å²) in [7, 11) is 0. The zero-order valence-electron chi connectivity index (χ0n) is 17.8. The zero-order chi connectivity index (χ0) is 22.1. The smallest absolute Gasteiger partial charge is 0.268 e. The fourth-order valence-corrected chi connectivity index (χ4v) is 4.48. The summed E-state index contributed by atoms with van der Waals surface area (Å²) in [5, 5.41) is 14.3. The number of amidine groups is 1. The summed E-state index contributed by atoms with van der Waals surface area (Å²) in [4.78, 5) is 13.3. The van der Waals surface area contributed by atoms with Crippen molar-refractivity contribution >= 4 is 33.4 Å². The van der Waals surface area contributed by atoms with Crippen LogP contribution < -0.4 is 11.1 Å². The van der Waals surface area contributed by atoms with E-state index in [4.69, 9.17) is 15.9 Å². The lowest BCUT2D eigenvalue weighted by atomic mass is 10.0. The maximum absolute atomic E-state index is 13.3. The highest BCUT2D eigenvalue weighted by Crippen LogP contribution is 2.26. The number of carbonyl (C=O) groups excluding carboxylic acids is 1. The molecule has 0 atom stereocenters. The molecule has 0 unspecified atom stereocenters. The van der Waals surface area contributed by atoms with Crippen molar-refractivity contribution in [1.29, 1.82) is 5.41 Å². The largest absolute Gasteiger partial charge is 0.384 e. The molecule has 32 heavy (non-hydrogen) atoms. The SMILES string of the molecule is N=C(N)c1ccc2cc(C(=O)NC3CCOCC3)n(Cc3cccc4ccccc34)c2c1. The lowest BCUT2D eigenvalue weighted by molar-refractivity contribution is 0.0692. The molecule has 0 saturated carbocycles. The molecular formula is C26H26N4O2. The monoisotopic (exact) mass is 426 g/mol. The Morgan fingerprint density at radius 1 is 1.03 bits per heavy atom. The summed E-state index contributed by atoms with van der Waals surface area (Å²) in [6.07, 6.45) is 1.65. The minimum atomic E-state index is -0.0855. The van der Waals surface area contributed by atoms with E-state index >= 15 is 0 Å². The molecule has 5 rings (SSSR count). The summed E-state index contributed by atoms with van der Waals surface area (Å²) < 4.78 is 7.47. The zero-order valence-corrected chi connectivity index (χ0v) is 17.8. The fourth-order valence-electron chi connectivity index (χ4n) is 4.48. The van der Waals surface area contributed by atoms with Gasteiger partial charge >= 0.3 is 0 Å². The molecule has 1 amide bonds. The van der Waals surface area contributed by atoms with Crippen LogP contribution >= 0.6 is 0 Å². The van der Waals surface area contributed by atoms with Crippen LogP contribution in [0, 0.1) is 5.41 Å². The lowest BCUT2D eigenvalue weighted by Gasteiger charge is -2.23. The first-order chi connectivity index (χ1) is 15.6. The molecule has 4 aromatic rings. The summed E-state index contributed by atoms with van der Waals surface area (Å²) in [6, 6.07) is 22.2. The average Bonchev–Trinajstić information content (AvgIpc) is 3.18. The van der Waals surface area contributed by atoms with Crippen LogP contribution in [0.5, 0.6) is 0 Å². The second-order valence-electron chi connectivity index (χ2n) is 8.30. The molecule has 6 nitrogen and oxygen atoms in total. The van der Waals surface area contributed by atoms with Crippen molar-refractivity contribution in [3.05, 3.63) is 83.6 Å². The van der Waals surface area contributed by atoms with Crippen LogP contribution in [-0.4, -0.2) is 35.6 Å². The number of amides is 1. The molecule has 0 bridgehead atoms. The number of hydrogen-bond acceptors (Lipinski definition) is 3. The second-order valence-corrected chi connectivity index (χ2v) is 8.30. The standard InChI is InChI=1S/C26H26N4O2/c27-25(28)19-9-8-18-14-24(26(31)29-21-10-12-32-13-11-21)30(23(18)15-19)16-20-6-3-5-17-4-1-2-7-22(17)20/h1-9,14-15,21H,10-13,16H2,(H3,27,28)(H,29,31). The van der Waals surface area contributed by atoms with Gasteiger partial charge in [0.15, 0.2) is 0 Å². The molecule has 1 aromatic heterocycles. The third-order valence-electron chi connectivity index (χ3n) is 6.21. The van der Waals surface area contributed by atoms with Gasteiger partial charge in [0.05, 0.1) is 0 Å². The van der Waals surface area contributed by atoms with E-state index < -0.39 is 0 Å². The first-order valence-electron chi connectivity index (χ1n) is 10.9. The molecule has 4 N–H and O–H groups in total. The number of aromatic nitrogens is 1. The molecule has 3 aromatic carbocycles. The van der Waals surface area contributed by atoms with Crippen LogP contribution in [0.25, 0.3) is 21.7 Å². The van der Waals surface area contributed by atoms with Gasteiger partial charge in [-0.15, -0.1) is 0 Å². The van der Waals surface area contributed by atoms with Gasteiger partial charge in [-0.2, -0.15) is 0 Å².